The number of hydrogen-bond donors (Lipinski definition) is 0. The van der Waals surface area contributed by atoms with Crippen LogP contribution in [0.4, 0.5) is 0 Å². The Morgan fingerprint density at radius 2 is 1.50 bits per heavy atom. The van der Waals surface area contributed by atoms with Crippen molar-refractivity contribution in [3.63, 3.8) is 0 Å². The van der Waals surface area contributed by atoms with E-state index in [1.807, 2.05) is 48.5 Å². The molecule has 86 valence electrons. The Morgan fingerprint density at radius 3 is 2.28 bits per heavy atom. The molecule has 3 heteroatoms. The Kier molecular flexibility index (Phi) is 3.96. The second kappa shape index (κ2) is 5.48. The molecule has 0 spiro atoms. The molecule has 2 aromatic carbocycles. The summed E-state index contributed by atoms with van der Waals surface area (Å²) >= 11 is 0. The summed E-state index contributed by atoms with van der Waals surface area (Å²) in [4.78, 5) is 11.9. The van der Waals surface area contributed by atoms with Gasteiger partial charge in [0.05, 0.1) is 5.39 Å². The van der Waals surface area contributed by atoms with Crippen LogP contribution < -0.4 is 5.43 Å². The van der Waals surface area contributed by atoms with Crippen LogP contribution in [0.15, 0.2) is 69.9 Å². The molecule has 1 heterocycles. The second-order valence-electron chi connectivity index (χ2n) is 3.84. The fourth-order valence-electron chi connectivity index (χ4n) is 1.85. The minimum Gasteiger partial charge on any atom is -0.456 e. The number of fused-ring (bicyclic) bond motifs is 1. The van der Waals surface area contributed by atoms with Crippen LogP contribution in [0.3, 0.4) is 0 Å². The number of para-hydroxylation sites is 1. The van der Waals surface area contributed by atoms with Gasteiger partial charge in [-0.2, -0.15) is 0 Å². The van der Waals surface area contributed by atoms with E-state index in [0.29, 0.717) is 16.7 Å². The van der Waals surface area contributed by atoms with Crippen molar-refractivity contribution >= 4 is 38.3 Å². The van der Waals surface area contributed by atoms with Gasteiger partial charge < -0.3 is 4.42 Å². The van der Waals surface area contributed by atoms with Gasteiger partial charge in [0.1, 0.15) is 11.3 Å². The van der Waals surface area contributed by atoms with Gasteiger partial charge in [0.15, 0.2) is 5.43 Å². The standard InChI is InChI=1S/C15H10O2.Pb/c16-13-10-15(11-6-2-1-3-7-11)17-14-9-5-4-8-12(13)14;/h1-10H;. The van der Waals surface area contributed by atoms with Gasteiger partial charge in [0, 0.05) is 38.9 Å². The number of rotatable bonds is 1. The minimum atomic E-state index is -0.00861. The zero-order chi connectivity index (χ0) is 11.7. The first-order valence-corrected chi connectivity index (χ1v) is 5.43. The summed E-state index contributed by atoms with van der Waals surface area (Å²) in [6, 6.07) is 18.4. The Labute approximate surface area is 124 Å². The Hall–Kier alpha value is -1.43. The van der Waals surface area contributed by atoms with Crippen molar-refractivity contribution in [3.05, 3.63) is 70.9 Å². The molecule has 4 radical (unpaired) electrons. The van der Waals surface area contributed by atoms with E-state index in [0.717, 1.165) is 5.56 Å². The van der Waals surface area contributed by atoms with Crippen molar-refractivity contribution in [1.82, 2.24) is 0 Å². The Balaban J connectivity index is 0.00000120. The molecule has 0 amide bonds. The maximum absolute atomic E-state index is 11.9. The van der Waals surface area contributed by atoms with E-state index in [1.54, 1.807) is 6.07 Å². The summed E-state index contributed by atoms with van der Waals surface area (Å²) in [6.07, 6.45) is 0. The van der Waals surface area contributed by atoms with Crippen LogP contribution in [0, 0.1) is 0 Å². The SMILES string of the molecule is O=c1cc(-c2ccccc2)oc2ccccc12.[Pb]. The van der Waals surface area contributed by atoms with Crippen LogP contribution in [-0.2, 0) is 0 Å². The monoisotopic (exact) mass is 430 g/mol. The largest absolute Gasteiger partial charge is 0.456 e. The van der Waals surface area contributed by atoms with Gasteiger partial charge in [0.25, 0.3) is 0 Å². The molecule has 0 saturated carbocycles. The van der Waals surface area contributed by atoms with E-state index in [1.165, 1.54) is 6.07 Å². The molecular weight excluding hydrogens is 419 g/mol. The van der Waals surface area contributed by atoms with Crippen LogP contribution >= 0.6 is 0 Å². The first kappa shape index (κ1) is 13.0. The molecule has 0 unspecified atom stereocenters. The van der Waals surface area contributed by atoms with E-state index in [9.17, 15) is 4.79 Å². The van der Waals surface area contributed by atoms with Crippen LogP contribution in [0.2, 0.25) is 0 Å². The van der Waals surface area contributed by atoms with Gasteiger partial charge in [-0.05, 0) is 12.1 Å². The third-order valence-corrected chi connectivity index (χ3v) is 2.69. The molecule has 0 saturated heterocycles. The van der Waals surface area contributed by atoms with Crippen LogP contribution in [-0.4, -0.2) is 27.3 Å². The van der Waals surface area contributed by atoms with Crippen molar-refractivity contribution in [2.75, 3.05) is 0 Å². The maximum atomic E-state index is 11.9. The summed E-state index contributed by atoms with van der Waals surface area (Å²) < 4.78 is 5.73. The Bertz CT molecular complexity index is 717. The Morgan fingerprint density at radius 1 is 0.833 bits per heavy atom. The van der Waals surface area contributed by atoms with Gasteiger partial charge in [-0.15, -0.1) is 0 Å². The third kappa shape index (κ3) is 2.38. The molecule has 0 bridgehead atoms. The first-order valence-electron chi connectivity index (χ1n) is 5.43. The minimum absolute atomic E-state index is 0. The van der Waals surface area contributed by atoms with Crippen LogP contribution in [0.25, 0.3) is 22.3 Å². The molecule has 0 aliphatic carbocycles. The van der Waals surface area contributed by atoms with Crippen molar-refractivity contribution in [3.8, 4) is 11.3 Å². The predicted octanol–water partition coefficient (Wildman–Crippen LogP) is 3.08. The van der Waals surface area contributed by atoms with E-state index in [-0.39, 0.29) is 32.7 Å². The van der Waals surface area contributed by atoms with Gasteiger partial charge in [-0.1, -0.05) is 42.5 Å². The fraction of sp³-hybridized carbons (Fsp3) is 0. The summed E-state index contributed by atoms with van der Waals surface area (Å²) in [5, 5.41) is 0.618. The molecule has 0 aliphatic heterocycles. The van der Waals surface area contributed by atoms with Crippen molar-refractivity contribution < 1.29 is 4.42 Å². The molecule has 3 aromatic rings. The van der Waals surface area contributed by atoms with Gasteiger partial charge in [-0.3, -0.25) is 4.79 Å². The van der Waals surface area contributed by atoms with Crippen molar-refractivity contribution in [1.29, 1.82) is 0 Å². The molecule has 0 N–H and O–H groups in total. The number of benzene rings is 2. The summed E-state index contributed by atoms with van der Waals surface area (Å²) in [6.45, 7) is 0. The van der Waals surface area contributed by atoms with E-state index in [4.69, 9.17) is 4.42 Å². The molecule has 0 aliphatic rings. The topological polar surface area (TPSA) is 30.2 Å². The summed E-state index contributed by atoms with van der Waals surface area (Å²) in [7, 11) is 0. The molecule has 18 heavy (non-hydrogen) atoms. The average molecular weight is 429 g/mol. The quantitative estimate of drug-likeness (QED) is 0.557. The number of hydrogen-bond acceptors (Lipinski definition) is 2. The molecule has 0 atom stereocenters. The smallest absolute Gasteiger partial charge is 0.193 e. The van der Waals surface area contributed by atoms with Gasteiger partial charge in [0.2, 0.25) is 0 Å². The van der Waals surface area contributed by atoms with Gasteiger partial charge >= 0.3 is 0 Å². The second-order valence-corrected chi connectivity index (χ2v) is 3.84. The maximum Gasteiger partial charge on any atom is 0.193 e. The molecule has 1 aromatic heterocycles. The fourth-order valence-corrected chi connectivity index (χ4v) is 1.85. The van der Waals surface area contributed by atoms with E-state index >= 15 is 0 Å². The zero-order valence-electron chi connectivity index (χ0n) is 9.59. The van der Waals surface area contributed by atoms with Crippen molar-refractivity contribution in [2.24, 2.45) is 0 Å². The molecule has 0 fully saturated rings. The summed E-state index contributed by atoms with van der Waals surface area (Å²) in [5.74, 6) is 0.606. The predicted molar refractivity (Wildman–Crippen MR) is 73.7 cm³/mol. The normalized spacial score (nSPS) is 10.0. The molecular formula is C15H10O2Pb. The third-order valence-electron chi connectivity index (χ3n) is 2.69. The van der Waals surface area contributed by atoms with Crippen LogP contribution in [0.1, 0.15) is 0 Å². The van der Waals surface area contributed by atoms with Crippen LogP contribution in [0.5, 0.6) is 0 Å². The average Bonchev–Trinajstić information content (AvgIpc) is 2.40. The summed E-state index contributed by atoms with van der Waals surface area (Å²) in [5.41, 5.74) is 1.53. The molecule has 3 rings (SSSR count). The van der Waals surface area contributed by atoms with E-state index < -0.39 is 0 Å². The van der Waals surface area contributed by atoms with Crippen molar-refractivity contribution in [2.45, 2.75) is 0 Å². The first-order chi connectivity index (χ1) is 8.34. The zero-order valence-corrected chi connectivity index (χ0v) is 13.5. The van der Waals surface area contributed by atoms with Gasteiger partial charge in [-0.25, -0.2) is 0 Å². The van der Waals surface area contributed by atoms with E-state index in [2.05, 4.69) is 0 Å². The molecule has 2 nitrogen and oxygen atoms in total.